The normalized spacial score (nSPS) is 11.2. The summed E-state index contributed by atoms with van der Waals surface area (Å²) < 4.78 is 6.63. The molecule has 34 heavy (non-hydrogen) atoms. The van der Waals surface area contributed by atoms with Crippen molar-refractivity contribution in [3.8, 4) is 11.5 Å². The van der Waals surface area contributed by atoms with Gasteiger partial charge >= 0.3 is 0 Å². The Hall–Kier alpha value is -2.39. The van der Waals surface area contributed by atoms with Crippen LogP contribution in [0.1, 0.15) is 9.67 Å². The van der Waals surface area contributed by atoms with Crippen molar-refractivity contribution in [1.82, 2.24) is 10.3 Å². The van der Waals surface area contributed by atoms with Gasteiger partial charge in [-0.05, 0) is 54.7 Å². The van der Waals surface area contributed by atoms with Gasteiger partial charge in [0.15, 0.2) is 10.7 Å². The van der Waals surface area contributed by atoms with E-state index in [1.165, 1.54) is 11.3 Å². The SMILES string of the molecule is O=C(NC(=S)Nc1ccc2oc(-c3cccc(Cl)c3Cl)nc2c1)c1sc2cc(Cl)ccc2c1Cl. The van der Waals surface area contributed by atoms with Crippen LogP contribution in [-0.4, -0.2) is 16.0 Å². The number of fused-ring (bicyclic) bond motifs is 2. The van der Waals surface area contributed by atoms with Crippen molar-refractivity contribution in [3.05, 3.63) is 79.6 Å². The van der Waals surface area contributed by atoms with Gasteiger partial charge in [0, 0.05) is 20.8 Å². The summed E-state index contributed by atoms with van der Waals surface area (Å²) in [6.07, 6.45) is 0. The lowest BCUT2D eigenvalue weighted by atomic mass is 10.2. The number of nitrogens with one attached hydrogen (secondary N) is 2. The molecule has 0 aliphatic heterocycles. The van der Waals surface area contributed by atoms with Crippen molar-refractivity contribution in [2.75, 3.05) is 5.32 Å². The number of aromatic nitrogens is 1. The summed E-state index contributed by atoms with van der Waals surface area (Å²) in [7, 11) is 0. The number of rotatable bonds is 3. The summed E-state index contributed by atoms with van der Waals surface area (Å²) in [6, 6.07) is 15.7. The minimum absolute atomic E-state index is 0.109. The van der Waals surface area contributed by atoms with Gasteiger partial charge in [0.2, 0.25) is 5.89 Å². The minimum atomic E-state index is -0.416. The lowest BCUT2D eigenvalue weighted by Gasteiger charge is -2.08. The van der Waals surface area contributed by atoms with E-state index in [1.54, 1.807) is 54.6 Å². The first-order valence-electron chi connectivity index (χ1n) is 9.65. The van der Waals surface area contributed by atoms with Gasteiger partial charge in [-0.1, -0.05) is 58.5 Å². The van der Waals surface area contributed by atoms with Gasteiger partial charge in [-0.15, -0.1) is 11.3 Å². The van der Waals surface area contributed by atoms with Crippen LogP contribution in [0.5, 0.6) is 0 Å². The predicted molar refractivity (Wildman–Crippen MR) is 145 cm³/mol. The Morgan fingerprint density at radius 2 is 1.82 bits per heavy atom. The van der Waals surface area contributed by atoms with Gasteiger partial charge in [0.05, 0.1) is 20.6 Å². The number of thiophene rings is 1. The van der Waals surface area contributed by atoms with Crippen molar-refractivity contribution >= 4 is 108 Å². The van der Waals surface area contributed by atoms with Crippen LogP contribution in [0.25, 0.3) is 32.6 Å². The second-order valence-corrected chi connectivity index (χ2v) is 10.2. The molecule has 3 aromatic carbocycles. The number of hydrogen-bond acceptors (Lipinski definition) is 5. The average Bonchev–Trinajstić information content (AvgIpc) is 3.36. The van der Waals surface area contributed by atoms with Crippen LogP contribution in [0, 0.1) is 0 Å². The van der Waals surface area contributed by atoms with E-state index >= 15 is 0 Å². The molecule has 5 aromatic rings. The molecule has 0 unspecified atom stereocenters. The molecule has 0 saturated heterocycles. The molecular weight excluding hydrogens is 556 g/mol. The Bertz CT molecular complexity index is 1610. The number of nitrogens with zero attached hydrogens (tertiary/aromatic N) is 1. The van der Waals surface area contributed by atoms with E-state index in [9.17, 15) is 4.79 Å². The Kier molecular flexibility index (Phi) is 6.41. The highest BCUT2D eigenvalue weighted by Crippen LogP contribution is 2.37. The number of carbonyl (C=O) groups is 1. The highest BCUT2D eigenvalue weighted by Gasteiger charge is 2.19. The van der Waals surface area contributed by atoms with E-state index in [-0.39, 0.29) is 5.11 Å². The average molecular weight is 567 g/mol. The Morgan fingerprint density at radius 1 is 1.00 bits per heavy atom. The molecule has 5 nitrogen and oxygen atoms in total. The second kappa shape index (κ2) is 9.34. The first kappa shape index (κ1) is 23.4. The van der Waals surface area contributed by atoms with Crippen LogP contribution in [-0.2, 0) is 0 Å². The molecule has 0 spiro atoms. The van der Waals surface area contributed by atoms with E-state index < -0.39 is 5.91 Å². The zero-order valence-electron chi connectivity index (χ0n) is 16.8. The number of amides is 1. The number of oxazole rings is 1. The summed E-state index contributed by atoms with van der Waals surface area (Å²) in [5, 5.41) is 8.19. The van der Waals surface area contributed by atoms with Gasteiger partial charge in [-0.3, -0.25) is 10.1 Å². The van der Waals surface area contributed by atoms with Gasteiger partial charge in [-0.2, -0.15) is 0 Å². The van der Waals surface area contributed by atoms with Crippen LogP contribution in [0.3, 0.4) is 0 Å². The molecule has 1 amide bonds. The van der Waals surface area contributed by atoms with E-state index in [0.717, 1.165) is 10.1 Å². The number of benzene rings is 3. The maximum atomic E-state index is 12.8. The molecule has 0 aliphatic rings. The maximum Gasteiger partial charge on any atom is 0.269 e. The van der Waals surface area contributed by atoms with E-state index in [4.69, 9.17) is 63.0 Å². The van der Waals surface area contributed by atoms with Crippen LogP contribution in [0.2, 0.25) is 20.1 Å². The Labute approximate surface area is 222 Å². The highest BCUT2D eigenvalue weighted by atomic mass is 35.5. The fraction of sp³-hybridized carbons (Fsp3) is 0. The third-order valence-corrected chi connectivity index (χ3v) is 7.77. The molecule has 0 radical (unpaired) electrons. The van der Waals surface area contributed by atoms with Crippen molar-refractivity contribution in [1.29, 1.82) is 0 Å². The van der Waals surface area contributed by atoms with Gasteiger partial charge < -0.3 is 9.73 Å². The number of hydrogen-bond donors (Lipinski definition) is 2. The zero-order chi connectivity index (χ0) is 24.0. The summed E-state index contributed by atoms with van der Waals surface area (Å²) >= 11 is 31.4. The van der Waals surface area contributed by atoms with Crippen LogP contribution < -0.4 is 10.6 Å². The molecular formula is C23H11Cl4N3O2S2. The summed E-state index contributed by atoms with van der Waals surface area (Å²) in [6.45, 7) is 0. The third-order valence-electron chi connectivity index (χ3n) is 4.85. The van der Waals surface area contributed by atoms with Gasteiger partial charge in [0.1, 0.15) is 10.4 Å². The molecule has 5 rings (SSSR count). The van der Waals surface area contributed by atoms with Crippen LogP contribution >= 0.6 is 70.0 Å². The number of thiocarbonyl (C=S) groups is 1. The minimum Gasteiger partial charge on any atom is -0.436 e. The first-order chi connectivity index (χ1) is 16.3. The smallest absolute Gasteiger partial charge is 0.269 e. The van der Waals surface area contributed by atoms with E-state index in [1.807, 2.05) is 0 Å². The predicted octanol–water partition coefficient (Wildman–Crippen LogP) is 8.45. The summed E-state index contributed by atoms with van der Waals surface area (Å²) in [5.41, 5.74) is 2.34. The first-order valence-corrected chi connectivity index (χ1v) is 12.4. The van der Waals surface area contributed by atoms with E-state index in [2.05, 4.69) is 15.6 Å². The molecule has 2 heterocycles. The highest BCUT2D eigenvalue weighted by molar-refractivity contribution is 7.80. The molecule has 0 fully saturated rings. The molecule has 0 saturated carbocycles. The monoisotopic (exact) mass is 565 g/mol. The lowest BCUT2D eigenvalue weighted by Crippen LogP contribution is -2.33. The number of halogens is 4. The van der Waals surface area contributed by atoms with Crippen molar-refractivity contribution < 1.29 is 9.21 Å². The lowest BCUT2D eigenvalue weighted by molar-refractivity contribution is 0.0982. The van der Waals surface area contributed by atoms with Crippen molar-refractivity contribution in [2.24, 2.45) is 0 Å². The molecule has 2 N–H and O–H groups in total. The molecule has 2 aromatic heterocycles. The zero-order valence-corrected chi connectivity index (χ0v) is 21.4. The van der Waals surface area contributed by atoms with Crippen LogP contribution in [0.15, 0.2) is 59.0 Å². The topological polar surface area (TPSA) is 67.2 Å². The third kappa shape index (κ3) is 4.47. The summed E-state index contributed by atoms with van der Waals surface area (Å²) in [4.78, 5) is 17.6. The Morgan fingerprint density at radius 3 is 2.65 bits per heavy atom. The fourth-order valence-electron chi connectivity index (χ4n) is 3.30. The maximum absolute atomic E-state index is 12.8. The second-order valence-electron chi connectivity index (χ2n) is 7.10. The van der Waals surface area contributed by atoms with Gasteiger partial charge in [0.25, 0.3) is 5.91 Å². The molecule has 11 heteroatoms. The van der Waals surface area contributed by atoms with Crippen LogP contribution in [0.4, 0.5) is 5.69 Å². The number of carbonyl (C=O) groups excluding carboxylic acids is 1. The standard InChI is InChI=1S/C23H11Cl4N3O2S2/c24-10-4-6-12-17(8-10)34-20(19(12)27)21(31)30-23(33)28-11-5-7-16-15(9-11)29-22(32-16)13-2-1-3-14(25)18(13)26/h1-9H,(H2,28,30,31,33). The molecule has 0 bridgehead atoms. The van der Waals surface area contributed by atoms with E-state index in [0.29, 0.717) is 53.2 Å². The largest absolute Gasteiger partial charge is 0.436 e. The molecule has 170 valence electrons. The molecule has 0 aliphatic carbocycles. The quantitative estimate of drug-likeness (QED) is 0.214. The molecule has 0 atom stereocenters. The van der Waals surface area contributed by atoms with Crippen molar-refractivity contribution in [2.45, 2.75) is 0 Å². The number of anilines is 1. The summed E-state index contributed by atoms with van der Waals surface area (Å²) in [5.74, 6) is -0.0738. The fourth-order valence-corrected chi connectivity index (χ4v) is 5.58. The van der Waals surface area contributed by atoms with Crippen molar-refractivity contribution in [3.63, 3.8) is 0 Å². The Balaban J connectivity index is 1.34. The van der Waals surface area contributed by atoms with Gasteiger partial charge in [-0.25, -0.2) is 4.98 Å².